The van der Waals surface area contributed by atoms with Crippen LogP contribution in [0.25, 0.3) is 0 Å². The van der Waals surface area contributed by atoms with Crippen molar-refractivity contribution in [3.05, 3.63) is 94.5 Å². The SMILES string of the molecule is Cc1cccc(CN(C(=O)CN(c2cccc(C)c2)S(=O)(=O)c2ccc(Cl)cc2)C(C)C(=O)NC2CCCC2)c1. The van der Waals surface area contributed by atoms with E-state index in [2.05, 4.69) is 5.32 Å². The van der Waals surface area contributed by atoms with Gasteiger partial charge < -0.3 is 10.2 Å². The van der Waals surface area contributed by atoms with E-state index in [-0.39, 0.29) is 23.4 Å². The van der Waals surface area contributed by atoms with Crippen molar-refractivity contribution in [3.63, 3.8) is 0 Å². The van der Waals surface area contributed by atoms with Gasteiger partial charge in [0.15, 0.2) is 0 Å². The Bertz CT molecular complexity index is 1450. The Labute approximate surface area is 242 Å². The number of aryl methyl sites for hydroxylation is 2. The lowest BCUT2D eigenvalue weighted by molar-refractivity contribution is -0.139. The Morgan fingerprint density at radius 3 is 2.20 bits per heavy atom. The van der Waals surface area contributed by atoms with E-state index in [0.717, 1.165) is 46.7 Å². The first-order valence-electron chi connectivity index (χ1n) is 13.5. The summed E-state index contributed by atoms with van der Waals surface area (Å²) in [6.07, 6.45) is 3.98. The van der Waals surface area contributed by atoms with E-state index in [0.29, 0.717) is 10.7 Å². The first-order valence-corrected chi connectivity index (χ1v) is 15.4. The maximum absolute atomic E-state index is 14.0. The van der Waals surface area contributed by atoms with Gasteiger partial charge in [-0.2, -0.15) is 0 Å². The third-order valence-corrected chi connectivity index (χ3v) is 9.31. The maximum Gasteiger partial charge on any atom is 0.264 e. The van der Waals surface area contributed by atoms with Gasteiger partial charge in [0.25, 0.3) is 10.0 Å². The molecule has 0 spiro atoms. The van der Waals surface area contributed by atoms with Crippen molar-refractivity contribution >= 4 is 39.1 Å². The number of benzene rings is 3. The number of nitrogens with zero attached hydrogens (tertiary/aromatic N) is 2. The predicted molar refractivity (Wildman–Crippen MR) is 159 cm³/mol. The molecule has 0 radical (unpaired) electrons. The molecule has 4 rings (SSSR count). The monoisotopic (exact) mass is 581 g/mol. The number of carbonyl (C=O) groups excluding carboxylic acids is 2. The van der Waals surface area contributed by atoms with Crippen molar-refractivity contribution in [2.45, 2.75) is 70.0 Å². The number of sulfonamides is 1. The van der Waals surface area contributed by atoms with E-state index in [1.54, 1.807) is 25.1 Å². The maximum atomic E-state index is 14.0. The molecule has 3 aromatic rings. The Morgan fingerprint density at radius 2 is 1.57 bits per heavy atom. The van der Waals surface area contributed by atoms with Crippen molar-refractivity contribution in [1.82, 2.24) is 10.2 Å². The molecule has 1 atom stereocenters. The lowest BCUT2D eigenvalue weighted by Crippen LogP contribution is -2.52. The number of hydrogen-bond acceptors (Lipinski definition) is 4. The molecule has 40 heavy (non-hydrogen) atoms. The molecule has 0 saturated heterocycles. The number of rotatable bonds is 10. The molecule has 0 bridgehead atoms. The van der Waals surface area contributed by atoms with Crippen molar-refractivity contribution in [2.75, 3.05) is 10.8 Å². The molecule has 1 N–H and O–H groups in total. The molecule has 3 aromatic carbocycles. The van der Waals surface area contributed by atoms with E-state index < -0.39 is 28.5 Å². The number of amides is 2. The molecule has 0 aromatic heterocycles. The molecule has 1 saturated carbocycles. The molecular weight excluding hydrogens is 546 g/mol. The second-order valence-corrected chi connectivity index (χ2v) is 12.8. The van der Waals surface area contributed by atoms with E-state index in [1.807, 2.05) is 44.2 Å². The number of halogens is 1. The largest absolute Gasteiger partial charge is 0.352 e. The summed E-state index contributed by atoms with van der Waals surface area (Å²) in [4.78, 5) is 28.8. The van der Waals surface area contributed by atoms with Gasteiger partial charge in [-0.25, -0.2) is 8.42 Å². The van der Waals surface area contributed by atoms with E-state index in [1.165, 1.54) is 29.2 Å². The van der Waals surface area contributed by atoms with Crippen molar-refractivity contribution in [2.24, 2.45) is 0 Å². The van der Waals surface area contributed by atoms with Crippen molar-refractivity contribution in [3.8, 4) is 0 Å². The average molecular weight is 582 g/mol. The lowest BCUT2D eigenvalue weighted by Gasteiger charge is -2.32. The summed E-state index contributed by atoms with van der Waals surface area (Å²) in [6, 6.07) is 19.9. The third kappa shape index (κ3) is 7.23. The van der Waals surface area contributed by atoms with Gasteiger partial charge in [-0.1, -0.05) is 66.4 Å². The molecule has 0 aliphatic heterocycles. The third-order valence-electron chi connectivity index (χ3n) is 7.27. The summed E-state index contributed by atoms with van der Waals surface area (Å²) in [5.41, 5.74) is 3.10. The molecule has 9 heteroatoms. The average Bonchev–Trinajstić information content (AvgIpc) is 3.43. The topological polar surface area (TPSA) is 86.8 Å². The Kier molecular flexibility index (Phi) is 9.53. The van der Waals surface area contributed by atoms with Gasteiger partial charge in [0.05, 0.1) is 10.6 Å². The zero-order chi connectivity index (χ0) is 28.9. The molecule has 1 fully saturated rings. The van der Waals surface area contributed by atoms with Crippen molar-refractivity contribution in [1.29, 1.82) is 0 Å². The van der Waals surface area contributed by atoms with E-state index in [9.17, 15) is 18.0 Å². The van der Waals surface area contributed by atoms with Crippen LogP contribution in [0.15, 0.2) is 77.7 Å². The first kappa shape index (κ1) is 29.6. The minimum Gasteiger partial charge on any atom is -0.352 e. The van der Waals surface area contributed by atoms with Crippen LogP contribution in [0.1, 0.15) is 49.3 Å². The van der Waals surface area contributed by atoms with Crippen LogP contribution >= 0.6 is 11.6 Å². The van der Waals surface area contributed by atoms with Gasteiger partial charge in [0.1, 0.15) is 12.6 Å². The van der Waals surface area contributed by atoms with E-state index in [4.69, 9.17) is 11.6 Å². The summed E-state index contributed by atoms with van der Waals surface area (Å²) in [7, 11) is -4.13. The summed E-state index contributed by atoms with van der Waals surface area (Å²) < 4.78 is 28.9. The molecule has 7 nitrogen and oxygen atoms in total. The van der Waals surface area contributed by atoms with Crippen LogP contribution < -0.4 is 9.62 Å². The summed E-state index contributed by atoms with van der Waals surface area (Å²) in [6.45, 7) is 5.22. The minimum atomic E-state index is -4.13. The Balaban J connectivity index is 1.69. The minimum absolute atomic E-state index is 0.0171. The fourth-order valence-electron chi connectivity index (χ4n) is 5.03. The highest BCUT2D eigenvalue weighted by molar-refractivity contribution is 7.92. The van der Waals surface area contributed by atoms with Gasteiger partial charge in [0.2, 0.25) is 11.8 Å². The van der Waals surface area contributed by atoms with Crippen molar-refractivity contribution < 1.29 is 18.0 Å². The molecule has 0 heterocycles. The normalized spacial score (nSPS) is 14.5. The highest BCUT2D eigenvalue weighted by atomic mass is 35.5. The summed E-state index contributed by atoms with van der Waals surface area (Å²) >= 11 is 6.01. The second-order valence-electron chi connectivity index (χ2n) is 10.5. The molecule has 2 amide bonds. The molecule has 1 unspecified atom stereocenters. The molecule has 1 aliphatic rings. The molecule has 212 valence electrons. The van der Waals surface area contributed by atoms with Crippen LogP contribution in [0.4, 0.5) is 5.69 Å². The highest BCUT2D eigenvalue weighted by Gasteiger charge is 2.33. The highest BCUT2D eigenvalue weighted by Crippen LogP contribution is 2.26. The number of carbonyl (C=O) groups is 2. The van der Waals surface area contributed by atoms with Gasteiger partial charge in [-0.3, -0.25) is 13.9 Å². The van der Waals surface area contributed by atoms with Gasteiger partial charge >= 0.3 is 0 Å². The number of nitrogens with one attached hydrogen (secondary N) is 1. The van der Waals surface area contributed by atoms with Crippen LogP contribution in [0.5, 0.6) is 0 Å². The zero-order valence-corrected chi connectivity index (χ0v) is 24.7. The van der Waals surface area contributed by atoms with Crippen LogP contribution in [0.3, 0.4) is 0 Å². The van der Waals surface area contributed by atoms with Gasteiger partial charge in [-0.05, 0) is 81.1 Å². The van der Waals surface area contributed by atoms with Crippen LogP contribution in [-0.4, -0.2) is 43.8 Å². The second kappa shape index (κ2) is 12.9. The zero-order valence-electron chi connectivity index (χ0n) is 23.1. The van der Waals surface area contributed by atoms with Crippen LogP contribution in [0.2, 0.25) is 5.02 Å². The quantitative estimate of drug-likeness (QED) is 0.336. The Hall–Kier alpha value is -3.36. The van der Waals surface area contributed by atoms with E-state index >= 15 is 0 Å². The van der Waals surface area contributed by atoms with Crippen LogP contribution in [0, 0.1) is 13.8 Å². The fourth-order valence-corrected chi connectivity index (χ4v) is 6.56. The van der Waals surface area contributed by atoms with Gasteiger partial charge in [-0.15, -0.1) is 0 Å². The first-order chi connectivity index (χ1) is 19.0. The lowest BCUT2D eigenvalue weighted by atomic mass is 10.1. The predicted octanol–water partition coefficient (Wildman–Crippen LogP) is 5.63. The van der Waals surface area contributed by atoms with Gasteiger partial charge in [0, 0.05) is 17.6 Å². The number of hydrogen-bond donors (Lipinski definition) is 1. The summed E-state index contributed by atoms with van der Waals surface area (Å²) in [5.74, 6) is -0.717. The Morgan fingerprint density at radius 1 is 0.950 bits per heavy atom. The standard InChI is InChI=1S/C31H36ClN3O4S/c1-22-8-6-10-25(18-22)20-34(24(3)31(37)33-27-11-4-5-12-27)30(36)21-35(28-13-7-9-23(2)19-28)40(38,39)29-16-14-26(32)15-17-29/h6-10,13-19,24,27H,4-5,11-12,20-21H2,1-3H3,(H,33,37). The smallest absolute Gasteiger partial charge is 0.264 e. The molecule has 1 aliphatic carbocycles. The summed E-state index contributed by atoms with van der Waals surface area (Å²) in [5, 5.41) is 3.49. The fraction of sp³-hybridized carbons (Fsp3) is 0.355. The molecular formula is C31H36ClN3O4S. The number of anilines is 1. The van der Waals surface area contributed by atoms with Crippen LogP contribution in [-0.2, 0) is 26.2 Å².